The fourth-order valence-corrected chi connectivity index (χ4v) is 11.8. The molecule has 3 aliphatic heterocycles. The van der Waals surface area contributed by atoms with Crippen molar-refractivity contribution in [2.45, 2.75) is 84.0 Å². The quantitative estimate of drug-likeness (QED) is 0.180. The van der Waals surface area contributed by atoms with Gasteiger partial charge >= 0.3 is 0 Å². The number of fused-ring (bicyclic) bond motifs is 7. The molecular formula is C43H50ClN9O5S2. The maximum atomic E-state index is 13.3. The van der Waals surface area contributed by atoms with Crippen molar-refractivity contribution >= 4 is 84.2 Å². The topological polar surface area (TPSA) is 170 Å². The highest BCUT2D eigenvalue weighted by molar-refractivity contribution is 7.19. The van der Waals surface area contributed by atoms with Gasteiger partial charge in [0, 0.05) is 46.9 Å². The fraction of sp³-hybridized carbons (Fsp3) is 0.512. The number of ether oxygens (including phenoxy) is 3. The Morgan fingerprint density at radius 3 is 2.12 bits per heavy atom. The predicted octanol–water partition coefficient (Wildman–Crippen LogP) is 6.14. The van der Waals surface area contributed by atoms with Crippen LogP contribution in [0.25, 0.3) is 20.4 Å². The van der Waals surface area contributed by atoms with E-state index in [9.17, 15) is 9.59 Å². The molecule has 10 rings (SSSR count). The van der Waals surface area contributed by atoms with Gasteiger partial charge in [0.2, 0.25) is 11.8 Å². The summed E-state index contributed by atoms with van der Waals surface area (Å²) in [5.74, 6) is 2.07. The predicted molar refractivity (Wildman–Crippen MR) is 235 cm³/mol. The van der Waals surface area contributed by atoms with Crippen LogP contribution in [0.4, 0.5) is 11.5 Å². The summed E-state index contributed by atoms with van der Waals surface area (Å²) < 4.78 is 17.0. The van der Waals surface area contributed by atoms with Crippen molar-refractivity contribution < 1.29 is 23.8 Å². The minimum absolute atomic E-state index is 0.000246. The molecule has 316 valence electrons. The first-order valence-corrected chi connectivity index (χ1v) is 22.9. The first-order valence-electron chi connectivity index (χ1n) is 20.9. The molecule has 0 unspecified atom stereocenters. The van der Waals surface area contributed by atoms with Gasteiger partial charge in [-0.2, -0.15) is 0 Å². The largest absolute Gasteiger partial charge is 0.490 e. The molecule has 7 heterocycles. The number of carbonyl (C=O) groups is 2. The van der Waals surface area contributed by atoms with E-state index in [0.29, 0.717) is 57.8 Å². The van der Waals surface area contributed by atoms with E-state index in [2.05, 4.69) is 50.2 Å². The number of nitrogens with zero attached hydrogens (tertiary/aromatic N) is 7. The van der Waals surface area contributed by atoms with E-state index in [1.54, 1.807) is 29.0 Å². The summed E-state index contributed by atoms with van der Waals surface area (Å²) in [5, 5.41) is 6.09. The second kappa shape index (κ2) is 17.6. The first-order chi connectivity index (χ1) is 29.1. The Balaban J connectivity index is 0.000000172. The van der Waals surface area contributed by atoms with E-state index in [1.165, 1.54) is 27.2 Å². The van der Waals surface area contributed by atoms with Crippen molar-refractivity contribution in [3.8, 4) is 5.75 Å². The smallest absolute Gasteiger partial charge is 0.226 e. The van der Waals surface area contributed by atoms with Crippen LogP contribution in [-0.2, 0) is 51.3 Å². The molecule has 0 bridgehead atoms. The van der Waals surface area contributed by atoms with E-state index in [4.69, 9.17) is 31.5 Å². The highest BCUT2D eigenvalue weighted by Gasteiger charge is 2.36. The molecule has 14 nitrogen and oxygen atoms in total. The van der Waals surface area contributed by atoms with Crippen molar-refractivity contribution in [1.82, 2.24) is 29.7 Å². The summed E-state index contributed by atoms with van der Waals surface area (Å²) >= 11 is 9.57. The molecule has 17 heteroatoms. The van der Waals surface area contributed by atoms with Crippen molar-refractivity contribution in [1.29, 1.82) is 0 Å². The first kappa shape index (κ1) is 41.1. The van der Waals surface area contributed by atoms with E-state index in [1.807, 2.05) is 29.0 Å². The lowest BCUT2D eigenvalue weighted by atomic mass is 9.86. The van der Waals surface area contributed by atoms with Crippen LogP contribution in [0, 0.1) is 11.8 Å². The van der Waals surface area contributed by atoms with Crippen LogP contribution in [0.15, 0.2) is 29.8 Å². The van der Waals surface area contributed by atoms with Gasteiger partial charge in [-0.15, -0.1) is 22.7 Å². The Kier molecular flexibility index (Phi) is 12.0. The number of aliphatic imine (C=N–C) groups is 1. The minimum Gasteiger partial charge on any atom is -0.490 e. The molecule has 2 fully saturated rings. The summed E-state index contributed by atoms with van der Waals surface area (Å²) in [7, 11) is 0. The number of amides is 2. The zero-order valence-electron chi connectivity index (χ0n) is 34.1. The normalized spacial score (nSPS) is 22.8. The molecule has 0 radical (unpaired) electrons. The van der Waals surface area contributed by atoms with Crippen LogP contribution in [-0.4, -0.2) is 112 Å². The molecule has 2 saturated heterocycles. The van der Waals surface area contributed by atoms with Crippen LogP contribution >= 0.6 is 34.3 Å². The Labute approximate surface area is 361 Å². The third-order valence-corrected chi connectivity index (χ3v) is 14.7. The molecule has 2 amide bonds. The van der Waals surface area contributed by atoms with Crippen LogP contribution in [0.5, 0.6) is 5.75 Å². The van der Waals surface area contributed by atoms with Gasteiger partial charge in [0.25, 0.3) is 0 Å². The molecule has 5 atom stereocenters. The Morgan fingerprint density at radius 1 is 0.900 bits per heavy atom. The van der Waals surface area contributed by atoms with Crippen molar-refractivity contribution in [2.24, 2.45) is 22.6 Å². The number of thiophene rings is 2. The number of hydrogen-bond acceptors (Lipinski definition) is 14. The Hall–Kier alpha value is -4.32. The number of carbonyl (C=O) groups excluding carboxylic acids is 2. The maximum absolute atomic E-state index is 13.3. The number of morpholine rings is 2. The third-order valence-electron chi connectivity index (χ3n) is 12.1. The van der Waals surface area contributed by atoms with E-state index >= 15 is 0 Å². The molecule has 0 saturated carbocycles. The van der Waals surface area contributed by atoms with Crippen LogP contribution in [0.3, 0.4) is 0 Å². The monoisotopic (exact) mass is 871 g/mol. The van der Waals surface area contributed by atoms with Crippen LogP contribution < -0.4 is 15.8 Å². The summed E-state index contributed by atoms with van der Waals surface area (Å²) in [4.78, 5) is 56.6. The Bertz CT molecular complexity index is 2460. The van der Waals surface area contributed by atoms with Gasteiger partial charge in [0.15, 0.2) is 0 Å². The lowest BCUT2D eigenvalue weighted by molar-refractivity contribution is -0.144. The van der Waals surface area contributed by atoms with Crippen molar-refractivity contribution in [2.75, 3.05) is 51.4 Å². The molecular weight excluding hydrogens is 822 g/mol. The number of benzene rings is 1. The third kappa shape index (κ3) is 8.21. The van der Waals surface area contributed by atoms with Crippen LogP contribution in [0.1, 0.15) is 65.6 Å². The Morgan fingerprint density at radius 2 is 1.50 bits per heavy atom. The lowest BCUT2D eigenvalue weighted by Gasteiger charge is -2.36. The number of nitrogens with two attached hydrogens (primary N) is 1. The highest BCUT2D eigenvalue weighted by Crippen LogP contribution is 2.43. The average molecular weight is 873 g/mol. The summed E-state index contributed by atoms with van der Waals surface area (Å²) in [6.07, 6.45) is 9.93. The molecule has 60 heavy (non-hydrogen) atoms. The number of halogens is 1. The van der Waals surface area contributed by atoms with Gasteiger partial charge in [-0.1, -0.05) is 11.6 Å². The second-order valence-electron chi connectivity index (χ2n) is 16.5. The maximum Gasteiger partial charge on any atom is 0.226 e. The number of hydrogen-bond donors (Lipinski definition) is 2. The van der Waals surface area contributed by atoms with E-state index in [0.717, 1.165) is 87.3 Å². The molecule has 1 aromatic carbocycles. The SMILES string of the molecule is C[C@H](N)COc1cc2c(cc1Nc1ncnc3sc4c(c13)CC[C@H](C(=O)N1CCOC[C@@H]1C)C4)C=NC2.C[C@H]1COCCN1C(=O)[C@H]1CCc2c(sc3ncnc(Cl)c23)C1. The summed E-state index contributed by atoms with van der Waals surface area (Å²) in [6.45, 7) is 11.0. The zero-order chi connectivity index (χ0) is 41.5. The molecule has 0 spiro atoms. The van der Waals surface area contributed by atoms with Crippen molar-refractivity contribution in [3.63, 3.8) is 0 Å². The number of nitrogens with one attached hydrogen (secondary N) is 1. The van der Waals surface area contributed by atoms with Gasteiger partial charge in [0.05, 0.1) is 61.5 Å². The molecule has 5 aromatic rings. The lowest BCUT2D eigenvalue weighted by Crippen LogP contribution is -2.50. The zero-order valence-corrected chi connectivity index (χ0v) is 36.5. The summed E-state index contributed by atoms with van der Waals surface area (Å²) in [5.41, 5.74) is 11.5. The van der Waals surface area contributed by atoms with Gasteiger partial charge in [-0.3, -0.25) is 14.6 Å². The van der Waals surface area contributed by atoms with E-state index in [-0.39, 0.29) is 41.8 Å². The number of rotatable bonds is 7. The number of aryl methyl sites for hydroxylation is 2. The van der Waals surface area contributed by atoms with Gasteiger partial charge in [0.1, 0.15) is 45.6 Å². The highest BCUT2D eigenvalue weighted by atomic mass is 35.5. The number of aromatic nitrogens is 4. The van der Waals surface area contributed by atoms with Gasteiger partial charge in [-0.05, 0) is 93.7 Å². The second-order valence-corrected chi connectivity index (χ2v) is 19.0. The van der Waals surface area contributed by atoms with Gasteiger partial charge < -0.3 is 35.1 Å². The summed E-state index contributed by atoms with van der Waals surface area (Å²) in [6, 6.07) is 4.32. The molecule has 2 aliphatic carbocycles. The molecule has 5 aliphatic rings. The van der Waals surface area contributed by atoms with Crippen molar-refractivity contribution in [3.05, 3.63) is 61.9 Å². The molecule has 3 N–H and O–H groups in total. The van der Waals surface area contributed by atoms with E-state index < -0.39 is 0 Å². The fourth-order valence-electron chi connectivity index (χ4n) is 8.98. The minimum atomic E-state index is -0.0805. The van der Waals surface area contributed by atoms with Gasteiger partial charge in [-0.25, -0.2) is 19.9 Å². The average Bonchev–Trinajstić information content (AvgIpc) is 3.98. The standard InChI is InChI=1S/C27H32N6O3S.C16H18ClN3O2S/c1-15(28)12-36-22-8-19-11-29-10-18(19)7-21(22)32-25-24-20-4-3-17(9-23(20)37-26(24)31-14-30-25)27(34)33-5-6-35-13-16(33)2;1-9-7-22-5-4-20(9)16(21)10-2-3-11-12(6-10)23-15-13(11)14(17)18-8-19-15/h7-8,10,14-17H,3-6,9,11-13,28H2,1-2H3,(H,30,31,32);8-10H,2-7H2,1H3/t15-,16-,17-;9-,10-/m00/s1. The molecule has 4 aromatic heterocycles. The number of anilines is 2. The van der Waals surface area contributed by atoms with Crippen LogP contribution in [0.2, 0.25) is 5.15 Å².